The van der Waals surface area contributed by atoms with Gasteiger partial charge in [0.2, 0.25) is 0 Å². The van der Waals surface area contributed by atoms with Crippen molar-refractivity contribution in [2.75, 3.05) is 12.4 Å². The molecule has 0 unspecified atom stereocenters. The van der Waals surface area contributed by atoms with E-state index < -0.39 is 11.8 Å². The molecule has 1 aliphatic rings. The summed E-state index contributed by atoms with van der Waals surface area (Å²) in [7, 11) is 1.22. The van der Waals surface area contributed by atoms with Crippen LogP contribution in [-0.4, -0.2) is 19.1 Å². The van der Waals surface area contributed by atoms with Gasteiger partial charge in [-0.3, -0.25) is 0 Å². The van der Waals surface area contributed by atoms with Crippen molar-refractivity contribution in [3.8, 4) is 6.07 Å². The monoisotopic (exact) mass is 312 g/mol. The molecule has 1 fully saturated rings. The normalized spacial score (nSPS) is 13.9. The number of rotatable bonds is 3. The van der Waals surface area contributed by atoms with Crippen molar-refractivity contribution in [3.05, 3.63) is 27.5 Å². The van der Waals surface area contributed by atoms with Crippen LogP contribution in [0.15, 0.2) is 10.5 Å². The van der Waals surface area contributed by atoms with E-state index in [1.165, 1.54) is 7.11 Å². The second-order valence-corrected chi connectivity index (χ2v) is 4.78. The molecule has 94 valence electrons. The average Bonchev–Trinajstić information content (AvgIpc) is 3.17. The van der Waals surface area contributed by atoms with E-state index in [1.807, 2.05) is 6.07 Å². The first kappa shape index (κ1) is 12.8. The molecule has 0 atom stereocenters. The van der Waals surface area contributed by atoms with Crippen LogP contribution in [0, 0.1) is 17.1 Å². The van der Waals surface area contributed by atoms with Gasteiger partial charge in [0.25, 0.3) is 0 Å². The molecule has 1 aromatic carbocycles. The van der Waals surface area contributed by atoms with Gasteiger partial charge in [-0.2, -0.15) is 5.26 Å². The Kier molecular flexibility index (Phi) is 3.53. The highest BCUT2D eigenvalue weighted by atomic mass is 79.9. The predicted molar refractivity (Wildman–Crippen MR) is 66.8 cm³/mol. The zero-order valence-corrected chi connectivity index (χ0v) is 11.2. The molecule has 1 aliphatic carbocycles. The third kappa shape index (κ3) is 2.31. The number of methoxy groups -OCH3 is 1. The van der Waals surface area contributed by atoms with Crippen molar-refractivity contribution in [1.82, 2.24) is 0 Å². The summed E-state index contributed by atoms with van der Waals surface area (Å²) in [5.41, 5.74) is 0.462. The molecular formula is C12H10BrFN2O2. The lowest BCUT2D eigenvalue weighted by atomic mass is 10.1. The van der Waals surface area contributed by atoms with Crippen molar-refractivity contribution < 1.29 is 13.9 Å². The van der Waals surface area contributed by atoms with E-state index in [0.29, 0.717) is 5.69 Å². The molecule has 6 heteroatoms. The molecular weight excluding hydrogens is 303 g/mol. The van der Waals surface area contributed by atoms with Crippen LogP contribution in [0.1, 0.15) is 28.8 Å². The SMILES string of the molecule is COC(=O)c1cc(F)c(Br)c(C#N)c1NC1CC1. The second-order valence-electron chi connectivity index (χ2n) is 3.99. The Morgan fingerprint density at radius 2 is 2.33 bits per heavy atom. The number of ether oxygens (including phenoxy) is 1. The molecule has 0 aliphatic heterocycles. The fraction of sp³-hybridized carbons (Fsp3) is 0.333. The minimum absolute atomic E-state index is 0.0432. The second kappa shape index (κ2) is 4.94. The molecule has 0 bridgehead atoms. The number of nitrogens with zero attached hydrogens (tertiary/aromatic N) is 1. The van der Waals surface area contributed by atoms with Gasteiger partial charge in [0, 0.05) is 6.04 Å². The summed E-state index contributed by atoms with van der Waals surface area (Å²) in [6.07, 6.45) is 1.95. The highest BCUT2D eigenvalue weighted by Gasteiger charge is 2.27. The Balaban J connectivity index is 2.58. The van der Waals surface area contributed by atoms with Crippen LogP contribution in [0.5, 0.6) is 0 Å². The van der Waals surface area contributed by atoms with Gasteiger partial charge in [-0.05, 0) is 34.8 Å². The first-order chi connectivity index (χ1) is 8.58. The highest BCUT2D eigenvalue weighted by molar-refractivity contribution is 9.10. The van der Waals surface area contributed by atoms with Gasteiger partial charge in [-0.25, -0.2) is 9.18 Å². The minimum atomic E-state index is -0.666. The lowest BCUT2D eigenvalue weighted by Gasteiger charge is -2.13. The summed E-state index contributed by atoms with van der Waals surface area (Å²) in [4.78, 5) is 11.6. The van der Waals surface area contributed by atoms with Crippen LogP contribution in [0.3, 0.4) is 0 Å². The van der Waals surface area contributed by atoms with Gasteiger partial charge in [0.1, 0.15) is 11.9 Å². The number of nitriles is 1. The van der Waals surface area contributed by atoms with Crippen LogP contribution in [-0.2, 0) is 4.74 Å². The maximum Gasteiger partial charge on any atom is 0.340 e. The van der Waals surface area contributed by atoms with Gasteiger partial charge in [0.05, 0.1) is 28.4 Å². The summed E-state index contributed by atoms with van der Waals surface area (Å²) >= 11 is 3.02. The standard InChI is InChI=1S/C12H10BrFN2O2/c1-18-12(17)7-4-9(14)10(13)8(5-15)11(7)16-6-2-3-6/h4,6,16H,2-3H2,1H3. The predicted octanol–water partition coefficient (Wildman–Crippen LogP) is 2.82. The van der Waals surface area contributed by atoms with Crippen LogP contribution in [0.25, 0.3) is 0 Å². The summed E-state index contributed by atoms with van der Waals surface area (Å²) in [6.45, 7) is 0. The van der Waals surface area contributed by atoms with Crippen molar-refractivity contribution in [2.24, 2.45) is 0 Å². The average molecular weight is 313 g/mol. The lowest BCUT2D eigenvalue weighted by Crippen LogP contribution is -2.12. The molecule has 1 saturated carbocycles. The van der Waals surface area contributed by atoms with E-state index in [9.17, 15) is 9.18 Å². The third-order valence-corrected chi connectivity index (χ3v) is 3.44. The van der Waals surface area contributed by atoms with Gasteiger partial charge in [0.15, 0.2) is 0 Å². The molecule has 0 amide bonds. The van der Waals surface area contributed by atoms with E-state index >= 15 is 0 Å². The summed E-state index contributed by atoms with van der Waals surface area (Å²) < 4.78 is 18.3. The molecule has 1 aromatic rings. The quantitative estimate of drug-likeness (QED) is 0.872. The maximum atomic E-state index is 13.6. The van der Waals surface area contributed by atoms with E-state index in [2.05, 4.69) is 26.0 Å². The zero-order chi connectivity index (χ0) is 13.3. The van der Waals surface area contributed by atoms with Crippen molar-refractivity contribution >= 4 is 27.6 Å². The first-order valence-electron chi connectivity index (χ1n) is 5.35. The molecule has 0 saturated heterocycles. The maximum absolute atomic E-state index is 13.6. The molecule has 0 heterocycles. The smallest absolute Gasteiger partial charge is 0.340 e. The number of halogens is 2. The summed E-state index contributed by atoms with van der Waals surface area (Å²) in [6, 6.07) is 3.21. The van der Waals surface area contributed by atoms with Crippen molar-refractivity contribution in [1.29, 1.82) is 5.26 Å². The lowest BCUT2D eigenvalue weighted by molar-refractivity contribution is 0.0601. The fourth-order valence-electron chi connectivity index (χ4n) is 1.58. The fourth-order valence-corrected chi connectivity index (χ4v) is 1.99. The number of carbonyl (C=O) groups is 1. The van der Waals surface area contributed by atoms with Gasteiger partial charge >= 0.3 is 5.97 Å². The Morgan fingerprint density at radius 3 is 2.83 bits per heavy atom. The zero-order valence-electron chi connectivity index (χ0n) is 9.59. The van der Waals surface area contributed by atoms with Crippen LogP contribution < -0.4 is 5.32 Å². The van der Waals surface area contributed by atoms with E-state index in [-0.39, 0.29) is 21.6 Å². The van der Waals surface area contributed by atoms with Gasteiger partial charge in [-0.15, -0.1) is 0 Å². The largest absolute Gasteiger partial charge is 0.465 e. The van der Waals surface area contributed by atoms with E-state index in [1.54, 1.807) is 0 Å². The number of esters is 1. The Hall–Kier alpha value is -1.61. The summed E-state index contributed by atoms with van der Waals surface area (Å²) in [5, 5.41) is 12.2. The van der Waals surface area contributed by atoms with Crippen LogP contribution in [0.4, 0.5) is 10.1 Å². The molecule has 1 N–H and O–H groups in total. The molecule has 2 rings (SSSR count). The highest BCUT2D eigenvalue weighted by Crippen LogP contribution is 2.34. The van der Waals surface area contributed by atoms with Crippen molar-refractivity contribution in [3.63, 3.8) is 0 Å². The van der Waals surface area contributed by atoms with Crippen LogP contribution >= 0.6 is 15.9 Å². The topological polar surface area (TPSA) is 62.1 Å². The molecule has 0 spiro atoms. The number of benzene rings is 1. The van der Waals surface area contributed by atoms with Gasteiger partial charge < -0.3 is 10.1 Å². The number of anilines is 1. The van der Waals surface area contributed by atoms with Crippen molar-refractivity contribution in [2.45, 2.75) is 18.9 Å². The summed E-state index contributed by atoms with van der Waals surface area (Å²) in [5.74, 6) is -1.32. The molecule has 0 aromatic heterocycles. The van der Waals surface area contributed by atoms with Crippen LogP contribution in [0.2, 0.25) is 0 Å². The number of hydrogen-bond donors (Lipinski definition) is 1. The third-order valence-electron chi connectivity index (χ3n) is 2.66. The number of hydrogen-bond acceptors (Lipinski definition) is 4. The molecule has 4 nitrogen and oxygen atoms in total. The Bertz CT molecular complexity index is 550. The molecule has 0 radical (unpaired) electrons. The van der Waals surface area contributed by atoms with E-state index in [4.69, 9.17) is 5.26 Å². The molecule has 18 heavy (non-hydrogen) atoms. The minimum Gasteiger partial charge on any atom is -0.465 e. The van der Waals surface area contributed by atoms with Gasteiger partial charge in [-0.1, -0.05) is 0 Å². The number of carbonyl (C=O) groups excluding carboxylic acids is 1. The number of nitrogens with one attached hydrogen (secondary N) is 1. The Morgan fingerprint density at radius 1 is 1.67 bits per heavy atom. The van der Waals surface area contributed by atoms with E-state index in [0.717, 1.165) is 18.9 Å². The first-order valence-corrected chi connectivity index (χ1v) is 6.14. The Labute approximate surface area is 112 Å².